The Morgan fingerprint density at radius 3 is 2.78 bits per heavy atom. The van der Waals surface area contributed by atoms with Gasteiger partial charge in [0.05, 0.1) is 9.95 Å². The van der Waals surface area contributed by atoms with Crippen LogP contribution >= 0.6 is 27.3 Å². The molecule has 0 saturated carbocycles. The van der Waals surface area contributed by atoms with Crippen molar-refractivity contribution in [3.63, 3.8) is 0 Å². The molecule has 1 aromatic heterocycles. The fraction of sp³-hybridized carbons (Fsp3) is 0.636. The summed E-state index contributed by atoms with van der Waals surface area (Å²) >= 11 is 4.61. The lowest BCUT2D eigenvalue weighted by atomic mass is 9.99. The Bertz CT molecular complexity index is 522. The van der Waals surface area contributed by atoms with Crippen molar-refractivity contribution in [1.82, 2.24) is 4.31 Å². The van der Waals surface area contributed by atoms with Gasteiger partial charge in [-0.25, -0.2) is 8.42 Å². The maximum Gasteiger partial charge on any atom is 0.253 e. The summed E-state index contributed by atoms with van der Waals surface area (Å²) < 4.78 is 27.8. The van der Waals surface area contributed by atoms with Crippen molar-refractivity contribution in [2.75, 3.05) is 6.54 Å². The summed E-state index contributed by atoms with van der Waals surface area (Å²) in [5.74, 6) is 0.207. The zero-order valence-corrected chi connectivity index (χ0v) is 13.6. The van der Waals surface area contributed by atoms with E-state index in [9.17, 15) is 8.42 Å². The first-order valence-corrected chi connectivity index (χ1v) is 8.92. The van der Waals surface area contributed by atoms with Crippen LogP contribution in [0.4, 0.5) is 0 Å². The molecule has 0 amide bonds. The van der Waals surface area contributed by atoms with Gasteiger partial charge in [-0.3, -0.25) is 0 Å². The minimum atomic E-state index is -3.45. The first-order valence-electron chi connectivity index (χ1n) is 5.87. The van der Waals surface area contributed by atoms with E-state index in [1.165, 1.54) is 15.6 Å². The highest BCUT2D eigenvalue weighted by atomic mass is 79.9. The van der Waals surface area contributed by atoms with Crippen LogP contribution in [-0.2, 0) is 10.0 Å². The molecule has 0 aliphatic carbocycles. The molecule has 1 aliphatic rings. The molecule has 2 rings (SSSR count). The molecule has 0 bridgehead atoms. The van der Waals surface area contributed by atoms with Crippen LogP contribution in [0.3, 0.4) is 0 Å². The molecule has 0 aromatic carbocycles. The second-order valence-electron chi connectivity index (χ2n) is 4.75. The molecule has 1 aromatic rings. The Kier molecular flexibility index (Phi) is 4.18. The third-order valence-electron chi connectivity index (χ3n) is 3.35. The fourth-order valence-corrected chi connectivity index (χ4v) is 6.13. The number of aryl methyl sites for hydroxylation is 1. The lowest BCUT2D eigenvalue weighted by Gasteiger charge is -2.36. The van der Waals surface area contributed by atoms with E-state index in [-0.39, 0.29) is 5.92 Å². The molecule has 1 fully saturated rings. The van der Waals surface area contributed by atoms with Gasteiger partial charge in [0, 0.05) is 6.54 Å². The van der Waals surface area contributed by atoms with E-state index in [2.05, 4.69) is 15.9 Å². The van der Waals surface area contributed by atoms with Crippen LogP contribution in [0.2, 0.25) is 0 Å². The fourth-order valence-electron chi connectivity index (χ4n) is 2.13. The molecular formula is C11H17BrN2O2S2. The second kappa shape index (κ2) is 5.20. The van der Waals surface area contributed by atoms with Gasteiger partial charge in [0.1, 0.15) is 4.21 Å². The first kappa shape index (κ1) is 14.5. The lowest BCUT2D eigenvalue weighted by molar-refractivity contribution is 0.192. The van der Waals surface area contributed by atoms with Crippen LogP contribution in [0.1, 0.15) is 25.3 Å². The summed E-state index contributed by atoms with van der Waals surface area (Å²) in [6.45, 7) is 4.41. The number of nitrogens with two attached hydrogens (primary N) is 1. The Morgan fingerprint density at radius 2 is 2.22 bits per heavy atom. The second-order valence-corrected chi connectivity index (χ2v) is 9.24. The highest BCUT2D eigenvalue weighted by molar-refractivity contribution is 9.11. The average molecular weight is 353 g/mol. The van der Waals surface area contributed by atoms with Crippen LogP contribution < -0.4 is 5.73 Å². The first-order chi connectivity index (χ1) is 8.34. The summed E-state index contributed by atoms with van der Waals surface area (Å²) in [5.41, 5.74) is 6.97. The van der Waals surface area contributed by atoms with Gasteiger partial charge in [-0.05, 0) is 53.2 Å². The predicted molar refractivity (Wildman–Crippen MR) is 77.0 cm³/mol. The largest absolute Gasteiger partial charge is 0.315 e. The molecule has 2 atom stereocenters. The van der Waals surface area contributed by atoms with Gasteiger partial charge in [0.25, 0.3) is 10.0 Å². The number of rotatable bonds is 2. The quantitative estimate of drug-likeness (QED) is 0.889. The summed E-state index contributed by atoms with van der Waals surface area (Å²) in [7, 11) is -3.45. The highest BCUT2D eigenvalue weighted by Gasteiger charge is 2.36. The Balaban J connectivity index is 2.36. The van der Waals surface area contributed by atoms with Crippen molar-refractivity contribution in [3.05, 3.63) is 15.4 Å². The molecule has 2 N–H and O–H groups in total. The summed E-state index contributed by atoms with van der Waals surface area (Å²) in [6.07, 6.45) is 1.45. The van der Waals surface area contributed by atoms with E-state index in [4.69, 9.17) is 5.73 Å². The van der Waals surface area contributed by atoms with Crippen molar-refractivity contribution in [1.29, 1.82) is 0 Å². The van der Waals surface area contributed by atoms with Crippen molar-refractivity contribution in [2.45, 2.75) is 37.1 Å². The molecule has 7 heteroatoms. The Morgan fingerprint density at radius 1 is 1.56 bits per heavy atom. The average Bonchev–Trinajstić information content (AvgIpc) is 2.63. The molecule has 1 aliphatic heterocycles. The van der Waals surface area contributed by atoms with Gasteiger partial charge in [-0.2, -0.15) is 4.31 Å². The van der Waals surface area contributed by atoms with E-state index >= 15 is 0 Å². The highest BCUT2D eigenvalue weighted by Crippen LogP contribution is 2.34. The number of halogens is 1. The van der Waals surface area contributed by atoms with Gasteiger partial charge in [-0.1, -0.05) is 6.92 Å². The van der Waals surface area contributed by atoms with E-state index in [0.717, 1.165) is 22.2 Å². The maximum absolute atomic E-state index is 12.5. The molecule has 4 nitrogen and oxygen atoms in total. The zero-order valence-electron chi connectivity index (χ0n) is 10.4. The summed E-state index contributed by atoms with van der Waals surface area (Å²) in [6, 6.07) is 1.70. The zero-order chi connectivity index (χ0) is 13.5. The number of sulfonamides is 1. The summed E-state index contributed by atoms with van der Waals surface area (Å²) in [5, 5.41) is 0. The Hall–Kier alpha value is 0.0500. The van der Waals surface area contributed by atoms with E-state index in [1.807, 2.05) is 13.8 Å². The molecule has 102 valence electrons. The van der Waals surface area contributed by atoms with E-state index in [1.54, 1.807) is 6.07 Å². The van der Waals surface area contributed by atoms with Crippen molar-refractivity contribution in [2.24, 2.45) is 11.7 Å². The van der Waals surface area contributed by atoms with Crippen molar-refractivity contribution < 1.29 is 8.42 Å². The number of hydrogen-bond donors (Lipinski definition) is 1. The topological polar surface area (TPSA) is 63.4 Å². The smallest absolute Gasteiger partial charge is 0.253 e. The van der Waals surface area contributed by atoms with Crippen LogP contribution in [0.25, 0.3) is 0 Å². The standard InChI is InChI=1S/C11H17BrN2O2S2/c1-7-4-3-5-14(11(7)13)18(15,16)9-6-8(2)10(12)17-9/h6-7,11H,3-5,13H2,1-2H3. The van der Waals surface area contributed by atoms with Crippen LogP contribution in [0, 0.1) is 12.8 Å². The maximum atomic E-state index is 12.5. The molecule has 0 radical (unpaired) electrons. The molecule has 0 spiro atoms. The number of nitrogens with zero attached hydrogens (tertiary/aromatic N) is 1. The molecule has 2 heterocycles. The molecule has 1 saturated heterocycles. The predicted octanol–water partition coefficient (Wildman–Crippen LogP) is 2.52. The number of thiophene rings is 1. The van der Waals surface area contributed by atoms with Gasteiger partial charge in [0.2, 0.25) is 0 Å². The SMILES string of the molecule is Cc1cc(S(=O)(=O)N2CCCC(C)C2N)sc1Br. The number of hydrogen-bond acceptors (Lipinski definition) is 4. The minimum Gasteiger partial charge on any atom is -0.315 e. The molecule has 18 heavy (non-hydrogen) atoms. The monoisotopic (exact) mass is 352 g/mol. The van der Waals surface area contributed by atoms with Crippen LogP contribution in [0.5, 0.6) is 0 Å². The molecule has 2 unspecified atom stereocenters. The minimum absolute atomic E-state index is 0.207. The Labute approximate surface area is 120 Å². The van der Waals surface area contributed by atoms with Crippen molar-refractivity contribution >= 4 is 37.3 Å². The van der Waals surface area contributed by atoms with E-state index in [0.29, 0.717) is 10.8 Å². The normalized spacial score (nSPS) is 26.4. The van der Waals surface area contributed by atoms with Gasteiger partial charge < -0.3 is 5.73 Å². The van der Waals surface area contributed by atoms with E-state index < -0.39 is 16.2 Å². The lowest BCUT2D eigenvalue weighted by Crippen LogP contribution is -2.52. The number of piperidine rings is 1. The molecular weight excluding hydrogens is 336 g/mol. The third kappa shape index (κ3) is 2.51. The van der Waals surface area contributed by atoms with Crippen molar-refractivity contribution in [3.8, 4) is 0 Å². The van der Waals surface area contributed by atoms with Crippen LogP contribution in [0.15, 0.2) is 14.1 Å². The summed E-state index contributed by atoms with van der Waals surface area (Å²) in [4.78, 5) is 0. The van der Waals surface area contributed by atoms with Gasteiger partial charge in [0.15, 0.2) is 0 Å². The van der Waals surface area contributed by atoms with Crippen LogP contribution in [-0.4, -0.2) is 25.4 Å². The van der Waals surface area contributed by atoms with Gasteiger partial charge in [-0.15, -0.1) is 11.3 Å². The van der Waals surface area contributed by atoms with Gasteiger partial charge >= 0.3 is 0 Å². The third-order valence-corrected chi connectivity index (χ3v) is 7.83.